The van der Waals surface area contributed by atoms with E-state index in [1.165, 1.54) is 16.1 Å². The number of hydrogen-bond donors (Lipinski definition) is 1. The predicted octanol–water partition coefficient (Wildman–Crippen LogP) is 5.02. The van der Waals surface area contributed by atoms with Gasteiger partial charge in [-0.3, -0.25) is 9.10 Å². The molecule has 1 N–H and O–H groups in total. The summed E-state index contributed by atoms with van der Waals surface area (Å²) in [4.78, 5) is 12.6. The first-order chi connectivity index (χ1) is 15.6. The smallest absolute Gasteiger partial charge is 0.251 e. The van der Waals surface area contributed by atoms with Gasteiger partial charge < -0.3 is 5.32 Å². The van der Waals surface area contributed by atoms with Gasteiger partial charge in [-0.25, -0.2) is 8.42 Å². The van der Waals surface area contributed by atoms with Crippen LogP contribution in [-0.2, 0) is 23.0 Å². The van der Waals surface area contributed by atoms with Gasteiger partial charge in [0.15, 0.2) is 0 Å². The van der Waals surface area contributed by atoms with Crippen molar-refractivity contribution in [1.82, 2.24) is 5.32 Å². The Kier molecular flexibility index (Phi) is 7.92. The van der Waals surface area contributed by atoms with Crippen molar-refractivity contribution in [3.05, 3.63) is 101 Å². The van der Waals surface area contributed by atoms with Crippen molar-refractivity contribution in [3.8, 4) is 0 Å². The Bertz CT molecular complexity index is 1190. The Morgan fingerprint density at radius 2 is 1.58 bits per heavy atom. The number of amides is 1. The lowest BCUT2D eigenvalue weighted by molar-refractivity contribution is 0.0938. The van der Waals surface area contributed by atoms with Crippen LogP contribution in [0.3, 0.4) is 0 Å². The van der Waals surface area contributed by atoms with Crippen LogP contribution in [-0.4, -0.2) is 26.6 Å². The quantitative estimate of drug-likeness (QED) is 0.483. The van der Waals surface area contributed by atoms with Crippen molar-refractivity contribution < 1.29 is 13.2 Å². The molecule has 0 fully saturated rings. The second kappa shape index (κ2) is 10.7. The first-order valence-corrected chi connectivity index (χ1v) is 13.0. The van der Waals surface area contributed by atoms with Crippen LogP contribution in [0, 0.1) is 13.8 Å². The maximum absolute atomic E-state index is 12.6. The molecule has 3 aromatic rings. The summed E-state index contributed by atoms with van der Waals surface area (Å²) in [5, 5.41) is 3.04. The maximum atomic E-state index is 12.6. The molecule has 1 atom stereocenters. The number of benzene rings is 3. The highest BCUT2D eigenvalue weighted by Gasteiger charge is 2.19. The maximum Gasteiger partial charge on any atom is 0.251 e. The number of hydrogen-bond acceptors (Lipinski definition) is 3. The van der Waals surface area contributed by atoms with Gasteiger partial charge in [-0.1, -0.05) is 48.5 Å². The molecule has 5 nitrogen and oxygen atoms in total. The minimum absolute atomic E-state index is 0.0443. The van der Waals surface area contributed by atoms with Gasteiger partial charge in [0, 0.05) is 11.6 Å². The first-order valence-electron chi connectivity index (χ1n) is 11.1. The molecule has 33 heavy (non-hydrogen) atoms. The van der Waals surface area contributed by atoms with Crippen molar-refractivity contribution in [3.63, 3.8) is 0 Å². The van der Waals surface area contributed by atoms with Gasteiger partial charge in [0.05, 0.1) is 18.5 Å². The molecule has 3 rings (SSSR count). The Morgan fingerprint density at radius 3 is 2.18 bits per heavy atom. The molecule has 0 aliphatic rings. The second-order valence-corrected chi connectivity index (χ2v) is 10.5. The molecule has 6 heteroatoms. The van der Waals surface area contributed by atoms with Gasteiger partial charge in [-0.15, -0.1) is 0 Å². The molecular weight excluding hydrogens is 432 g/mol. The summed E-state index contributed by atoms with van der Waals surface area (Å²) in [5.41, 5.74) is 5.40. The standard InChI is InChI=1S/C27H32N2O3S/c1-20-10-17-26(18-21(20)2)29(33(4,31)32)19-24-13-15-25(16-14-24)27(30)28-22(3)11-12-23-8-6-5-7-9-23/h5-10,13-18,22H,11-12,19H2,1-4H3,(H,28,30)/t22-/m1/s1. The van der Waals surface area contributed by atoms with E-state index in [1.54, 1.807) is 12.1 Å². The van der Waals surface area contributed by atoms with Crippen LogP contribution >= 0.6 is 0 Å². The molecule has 1 amide bonds. The number of carbonyl (C=O) groups is 1. The fraction of sp³-hybridized carbons (Fsp3) is 0.296. The van der Waals surface area contributed by atoms with Gasteiger partial charge in [0.2, 0.25) is 10.0 Å². The zero-order valence-corrected chi connectivity index (χ0v) is 20.5. The summed E-state index contributed by atoms with van der Waals surface area (Å²) < 4.78 is 26.3. The summed E-state index contributed by atoms with van der Waals surface area (Å²) in [7, 11) is -3.46. The zero-order chi connectivity index (χ0) is 24.0. The van der Waals surface area contributed by atoms with Crippen molar-refractivity contribution in [1.29, 1.82) is 0 Å². The molecule has 0 aliphatic carbocycles. The van der Waals surface area contributed by atoms with Crippen molar-refractivity contribution in [2.24, 2.45) is 0 Å². The highest BCUT2D eigenvalue weighted by atomic mass is 32.2. The van der Waals surface area contributed by atoms with Crippen LogP contribution < -0.4 is 9.62 Å². The SMILES string of the molecule is Cc1ccc(N(Cc2ccc(C(=O)N[C@H](C)CCc3ccccc3)cc2)S(C)(=O)=O)cc1C. The molecule has 0 aliphatic heterocycles. The molecule has 0 saturated heterocycles. The molecule has 0 saturated carbocycles. The average Bonchev–Trinajstić information content (AvgIpc) is 2.78. The summed E-state index contributed by atoms with van der Waals surface area (Å²) >= 11 is 0. The molecule has 3 aromatic carbocycles. The van der Waals surface area contributed by atoms with E-state index in [-0.39, 0.29) is 18.5 Å². The van der Waals surface area contributed by atoms with Crippen LogP contribution in [0.5, 0.6) is 0 Å². The largest absolute Gasteiger partial charge is 0.350 e. The lowest BCUT2D eigenvalue weighted by Gasteiger charge is -2.23. The fourth-order valence-electron chi connectivity index (χ4n) is 3.62. The van der Waals surface area contributed by atoms with E-state index in [0.29, 0.717) is 11.3 Å². The minimum atomic E-state index is -3.46. The molecule has 0 spiro atoms. The first kappa shape index (κ1) is 24.5. The number of nitrogens with zero attached hydrogens (tertiary/aromatic N) is 1. The number of nitrogens with one attached hydrogen (secondary N) is 1. The van der Waals surface area contributed by atoms with E-state index in [2.05, 4.69) is 17.4 Å². The normalized spacial score (nSPS) is 12.2. The highest BCUT2D eigenvalue weighted by Crippen LogP contribution is 2.23. The third-order valence-electron chi connectivity index (χ3n) is 5.81. The second-order valence-electron chi connectivity index (χ2n) is 8.63. The van der Waals surface area contributed by atoms with Crippen LogP contribution in [0.2, 0.25) is 0 Å². The minimum Gasteiger partial charge on any atom is -0.350 e. The van der Waals surface area contributed by atoms with Crippen LogP contribution in [0.1, 0.15) is 46.0 Å². The summed E-state index contributed by atoms with van der Waals surface area (Å²) in [6.07, 6.45) is 2.97. The summed E-state index contributed by atoms with van der Waals surface area (Å²) in [5.74, 6) is -0.128. The Labute approximate surface area is 197 Å². The van der Waals surface area contributed by atoms with E-state index in [4.69, 9.17) is 0 Å². The van der Waals surface area contributed by atoms with E-state index in [9.17, 15) is 13.2 Å². The van der Waals surface area contributed by atoms with Crippen molar-refractivity contribution in [2.75, 3.05) is 10.6 Å². The van der Waals surface area contributed by atoms with Gasteiger partial charge in [0.1, 0.15) is 0 Å². The lowest BCUT2D eigenvalue weighted by atomic mass is 10.1. The van der Waals surface area contributed by atoms with Gasteiger partial charge in [0.25, 0.3) is 5.91 Å². The van der Waals surface area contributed by atoms with Crippen molar-refractivity contribution >= 4 is 21.6 Å². The summed E-state index contributed by atoms with van der Waals surface area (Å²) in [6, 6.07) is 23.0. The van der Waals surface area contributed by atoms with E-state index in [0.717, 1.165) is 29.5 Å². The van der Waals surface area contributed by atoms with Crippen LogP contribution in [0.4, 0.5) is 5.69 Å². The Hall–Kier alpha value is -3.12. The predicted molar refractivity (Wildman–Crippen MR) is 135 cm³/mol. The molecule has 0 radical (unpaired) electrons. The average molecular weight is 465 g/mol. The number of rotatable bonds is 9. The van der Waals surface area contributed by atoms with Crippen LogP contribution in [0.15, 0.2) is 72.8 Å². The highest BCUT2D eigenvalue weighted by molar-refractivity contribution is 7.92. The Morgan fingerprint density at radius 1 is 0.909 bits per heavy atom. The Balaban J connectivity index is 1.64. The monoisotopic (exact) mass is 464 g/mol. The molecule has 0 unspecified atom stereocenters. The van der Waals surface area contributed by atoms with Crippen molar-refractivity contribution in [2.45, 2.75) is 46.2 Å². The molecule has 0 heterocycles. The fourth-order valence-corrected chi connectivity index (χ4v) is 4.50. The molecule has 0 bridgehead atoms. The number of anilines is 1. The van der Waals surface area contributed by atoms with Gasteiger partial charge in [-0.2, -0.15) is 0 Å². The number of sulfonamides is 1. The number of aryl methyl sites for hydroxylation is 3. The van der Waals surface area contributed by atoms with Gasteiger partial charge >= 0.3 is 0 Å². The zero-order valence-electron chi connectivity index (χ0n) is 19.7. The number of carbonyl (C=O) groups excluding carboxylic acids is 1. The third-order valence-corrected chi connectivity index (χ3v) is 6.95. The van der Waals surface area contributed by atoms with Gasteiger partial charge in [-0.05, 0) is 80.1 Å². The van der Waals surface area contributed by atoms with Crippen LogP contribution in [0.25, 0.3) is 0 Å². The van der Waals surface area contributed by atoms with E-state index in [1.807, 2.05) is 69.3 Å². The lowest BCUT2D eigenvalue weighted by Crippen LogP contribution is -2.33. The third kappa shape index (κ3) is 6.93. The summed E-state index contributed by atoms with van der Waals surface area (Å²) in [6.45, 7) is 6.17. The molecule has 174 valence electrons. The molecule has 0 aromatic heterocycles. The van der Waals surface area contributed by atoms with E-state index < -0.39 is 10.0 Å². The van der Waals surface area contributed by atoms with E-state index >= 15 is 0 Å². The molecular formula is C27H32N2O3S. The topological polar surface area (TPSA) is 66.5 Å².